The Morgan fingerprint density at radius 3 is 2.37 bits per heavy atom. The highest BCUT2D eigenvalue weighted by atomic mass is 16.5. The lowest BCUT2D eigenvalue weighted by Crippen LogP contribution is -2.51. The second-order valence-corrected chi connectivity index (χ2v) is 8.24. The molecule has 0 aliphatic rings. The van der Waals surface area contributed by atoms with Gasteiger partial charge in [-0.15, -0.1) is 0 Å². The number of hydrogen-bond acceptors (Lipinski definition) is 4. The van der Waals surface area contributed by atoms with Gasteiger partial charge in [-0.25, -0.2) is 0 Å². The van der Waals surface area contributed by atoms with Crippen molar-refractivity contribution < 1.29 is 14.3 Å². The maximum Gasteiger partial charge on any atom is 0.224 e. The van der Waals surface area contributed by atoms with E-state index in [-0.39, 0.29) is 11.8 Å². The summed E-state index contributed by atoms with van der Waals surface area (Å²) in [5.41, 5.74) is 6.92. The van der Waals surface area contributed by atoms with Crippen molar-refractivity contribution in [2.75, 3.05) is 18.5 Å². The average molecular weight is 411 g/mol. The van der Waals surface area contributed by atoms with E-state index >= 15 is 0 Å². The molecular weight excluding hydrogens is 378 g/mol. The number of rotatable bonds is 11. The predicted octanol–water partition coefficient (Wildman–Crippen LogP) is 3.31. The van der Waals surface area contributed by atoms with Gasteiger partial charge in [-0.05, 0) is 50.1 Å². The van der Waals surface area contributed by atoms with Crippen molar-refractivity contribution in [3.8, 4) is 5.75 Å². The Morgan fingerprint density at radius 1 is 1.13 bits per heavy atom. The van der Waals surface area contributed by atoms with E-state index in [0.29, 0.717) is 19.6 Å². The number of nitrogens with one attached hydrogen (secondary N) is 1. The normalized spacial score (nSPS) is 12.1. The SMILES string of the molecule is CC(C[CH]C(=O)NC(C)(C)CN(C)c1ccc(OCc2ccccc2)cc1)C(N)=O. The second-order valence-electron chi connectivity index (χ2n) is 8.24. The van der Waals surface area contributed by atoms with E-state index < -0.39 is 11.4 Å². The number of likely N-dealkylation sites (N-methyl/N-ethyl adjacent to an activating group) is 1. The lowest BCUT2D eigenvalue weighted by Gasteiger charge is -2.32. The van der Waals surface area contributed by atoms with Crippen LogP contribution in [0.1, 0.15) is 32.8 Å². The van der Waals surface area contributed by atoms with Gasteiger partial charge in [0, 0.05) is 25.2 Å². The topological polar surface area (TPSA) is 84.7 Å². The minimum Gasteiger partial charge on any atom is -0.489 e. The van der Waals surface area contributed by atoms with Crippen LogP contribution in [-0.2, 0) is 16.2 Å². The van der Waals surface area contributed by atoms with Gasteiger partial charge >= 0.3 is 0 Å². The third-order valence-electron chi connectivity index (χ3n) is 4.76. The van der Waals surface area contributed by atoms with E-state index in [1.54, 1.807) is 6.92 Å². The molecule has 0 aromatic heterocycles. The second kappa shape index (κ2) is 10.7. The number of nitrogens with two attached hydrogens (primary N) is 1. The molecule has 30 heavy (non-hydrogen) atoms. The molecule has 0 saturated heterocycles. The van der Waals surface area contributed by atoms with Gasteiger partial charge in [0.2, 0.25) is 11.8 Å². The smallest absolute Gasteiger partial charge is 0.224 e. The summed E-state index contributed by atoms with van der Waals surface area (Å²) in [4.78, 5) is 25.4. The zero-order valence-corrected chi connectivity index (χ0v) is 18.2. The van der Waals surface area contributed by atoms with E-state index in [9.17, 15) is 9.59 Å². The third kappa shape index (κ3) is 7.78. The Morgan fingerprint density at radius 2 is 1.77 bits per heavy atom. The van der Waals surface area contributed by atoms with Gasteiger partial charge in [0.1, 0.15) is 12.4 Å². The van der Waals surface area contributed by atoms with Crippen molar-refractivity contribution in [1.82, 2.24) is 5.32 Å². The van der Waals surface area contributed by atoms with Crippen LogP contribution in [0.3, 0.4) is 0 Å². The molecule has 0 heterocycles. The van der Waals surface area contributed by atoms with Crippen LogP contribution in [0.15, 0.2) is 54.6 Å². The zero-order valence-electron chi connectivity index (χ0n) is 18.2. The number of ether oxygens (including phenoxy) is 1. The summed E-state index contributed by atoms with van der Waals surface area (Å²) < 4.78 is 5.83. The summed E-state index contributed by atoms with van der Waals surface area (Å²) in [6.45, 7) is 6.77. The van der Waals surface area contributed by atoms with Crippen LogP contribution in [0.25, 0.3) is 0 Å². The number of anilines is 1. The Hall–Kier alpha value is -3.02. The highest BCUT2D eigenvalue weighted by Gasteiger charge is 2.23. The summed E-state index contributed by atoms with van der Waals surface area (Å²) in [5.74, 6) is -0.161. The van der Waals surface area contributed by atoms with E-state index in [1.807, 2.05) is 75.5 Å². The summed E-state index contributed by atoms with van der Waals surface area (Å²) >= 11 is 0. The molecule has 0 aliphatic carbocycles. The third-order valence-corrected chi connectivity index (χ3v) is 4.76. The molecule has 6 nitrogen and oxygen atoms in total. The summed E-state index contributed by atoms with van der Waals surface area (Å²) in [6, 6.07) is 17.9. The summed E-state index contributed by atoms with van der Waals surface area (Å²) in [5, 5.41) is 2.99. The molecule has 0 spiro atoms. The lowest BCUT2D eigenvalue weighted by atomic mass is 10.0. The van der Waals surface area contributed by atoms with Crippen molar-refractivity contribution in [3.63, 3.8) is 0 Å². The molecule has 3 N–H and O–H groups in total. The predicted molar refractivity (Wildman–Crippen MR) is 120 cm³/mol. The Balaban J connectivity index is 1.84. The van der Waals surface area contributed by atoms with Crippen molar-refractivity contribution in [2.24, 2.45) is 11.7 Å². The van der Waals surface area contributed by atoms with Crippen LogP contribution >= 0.6 is 0 Å². The van der Waals surface area contributed by atoms with E-state index in [1.165, 1.54) is 6.42 Å². The van der Waals surface area contributed by atoms with E-state index in [0.717, 1.165) is 17.0 Å². The fraction of sp³-hybridized carbons (Fsp3) is 0.375. The highest BCUT2D eigenvalue weighted by molar-refractivity contribution is 5.86. The molecule has 2 rings (SSSR count). The van der Waals surface area contributed by atoms with Gasteiger partial charge in [0.05, 0.1) is 12.0 Å². The fourth-order valence-electron chi connectivity index (χ4n) is 3.05. The van der Waals surface area contributed by atoms with Crippen LogP contribution in [0.4, 0.5) is 5.69 Å². The maximum atomic E-state index is 12.2. The van der Waals surface area contributed by atoms with Crippen molar-refractivity contribution >= 4 is 17.5 Å². The highest BCUT2D eigenvalue weighted by Crippen LogP contribution is 2.21. The summed E-state index contributed by atoms with van der Waals surface area (Å²) in [7, 11) is 1.98. The lowest BCUT2D eigenvalue weighted by molar-refractivity contribution is -0.121. The molecule has 2 amide bonds. The molecule has 2 aromatic carbocycles. The Labute approximate surface area is 179 Å². The molecule has 1 atom stereocenters. The van der Waals surface area contributed by atoms with Gasteiger partial charge in [-0.3, -0.25) is 9.59 Å². The quantitative estimate of drug-likeness (QED) is 0.595. The minimum absolute atomic E-state index is 0.203. The molecule has 1 radical (unpaired) electrons. The van der Waals surface area contributed by atoms with Crippen LogP contribution in [0.5, 0.6) is 5.75 Å². The molecule has 0 fully saturated rings. The van der Waals surface area contributed by atoms with Gasteiger partial charge in [-0.2, -0.15) is 0 Å². The maximum absolute atomic E-state index is 12.2. The van der Waals surface area contributed by atoms with Crippen LogP contribution in [0.2, 0.25) is 0 Å². The van der Waals surface area contributed by atoms with E-state index in [4.69, 9.17) is 10.5 Å². The molecule has 161 valence electrons. The van der Waals surface area contributed by atoms with Crippen molar-refractivity contribution in [2.45, 2.75) is 39.3 Å². The first kappa shape index (κ1) is 23.3. The Kier molecular flexibility index (Phi) is 8.27. The van der Waals surface area contributed by atoms with Crippen LogP contribution in [0, 0.1) is 12.3 Å². The number of benzene rings is 2. The van der Waals surface area contributed by atoms with Gasteiger partial charge in [0.15, 0.2) is 0 Å². The number of amides is 2. The molecule has 6 heteroatoms. The number of carbonyl (C=O) groups is 2. The summed E-state index contributed by atoms with van der Waals surface area (Å²) in [6.07, 6.45) is 1.81. The van der Waals surface area contributed by atoms with Gasteiger partial charge in [0.25, 0.3) is 0 Å². The molecule has 0 saturated carbocycles. The first-order valence-corrected chi connectivity index (χ1v) is 10.1. The molecule has 2 aromatic rings. The number of hydrogen-bond donors (Lipinski definition) is 2. The molecular formula is C24H32N3O3. The number of carbonyl (C=O) groups excluding carboxylic acids is 2. The van der Waals surface area contributed by atoms with Crippen LogP contribution < -0.4 is 20.7 Å². The average Bonchev–Trinajstić information content (AvgIpc) is 2.70. The molecule has 0 aliphatic heterocycles. The van der Waals surface area contributed by atoms with Gasteiger partial charge < -0.3 is 20.7 Å². The number of primary amides is 1. The largest absolute Gasteiger partial charge is 0.489 e. The first-order valence-electron chi connectivity index (χ1n) is 10.1. The van der Waals surface area contributed by atoms with Gasteiger partial charge in [-0.1, -0.05) is 37.3 Å². The van der Waals surface area contributed by atoms with Crippen molar-refractivity contribution in [1.29, 1.82) is 0 Å². The zero-order chi connectivity index (χ0) is 22.1. The monoisotopic (exact) mass is 410 g/mol. The first-order chi connectivity index (χ1) is 14.2. The fourth-order valence-corrected chi connectivity index (χ4v) is 3.05. The van der Waals surface area contributed by atoms with E-state index in [2.05, 4.69) is 10.2 Å². The molecule has 0 bridgehead atoms. The Bertz CT molecular complexity index is 819. The standard InChI is InChI=1S/C24H32N3O3/c1-18(23(25)29)10-15-22(28)26-24(2,3)17-27(4)20-11-13-21(14-12-20)30-16-19-8-6-5-7-9-19/h5-9,11-15,18H,10,16-17H2,1-4H3,(H2,25,29)(H,26,28). The number of nitrogens with zero attached hydrogens (tertiary/aromatic N) is 1. The van der Waals surface area contributed by atoms with Crippen molar-refractivity contribution in [3.05, 3.63) is 66.6 Å². The minimum atomic E-state index is -0.458. The molecule has 1 unspecified atom stereocenters. The van der Waals surface area contributed by atoms with Crippen LogP contribution in [-0.4, -0.2) is 30.9 Å².